The summed E-state index contributed by atoms with van der Waals surface area (Å²) in [5, 5.41) is 33.8. The van der Waals surface area contributed by atoms with E-state index in [4.69, 9.17) is 26.2 Å². The largest absolute Gasteiger partial charge is 0.481 e. The zero-order valence-electron chi connectivity index (χ0n) is 25.4. The van der Waals surface area contributed by atoms with E-state index in [1.807, 2.05) is 0 Å². The monoisotopic (exact) mass is 559 g/mol. The zero-order chi connectivity index (χ0) is 30.0. The predicted molar refractivity (Wildman–Crippen MR) is 158 cm³/mol. The van der Waals surface area contributed by atoms with Crippen LogP contribution < -0.4 is 5.73 Å². The minimum absolute atomic E-state index is 0.139. The number of hydrogen-bond acceptors (Lipinski definition) is 5. The normalized spacial score (nSPS) is 11.6. The highest BCUT2D eigenvalue weighted by molar-refractivity contribution is 5.88. The molecule has 0 radical (unpaired) electrons. The smallest absolute Gasteiger partial charge is 0.336 e. The lowest BCUT2D eigenvalue weighted by Gasteiger charge is -2.30. The minimum atomic E-state index is -2.74. The number of hydrogen-bond donors (Lipinski definition) is 5. The molecule has 0 amide bonds. The van der Waals surface area contributed by atoms with Crippen LogP contribution in [-0.4, -0.2) is 49.5 Å². The van der Waals surface area contributed by atoms with Crippen LogP contribution in [0, 0.1) is 0 Å². The van der Waals surface area contributed by atoms with Crippen molar-refractivity contribution in [3.63, 3.8) is 0 Å². The molecule has 0 heterocycles. The molecule has 0 bridgehead atoms. The molecule has 8 nitrogen and oxygen atoms in total. The van der Waals surface area contributed by atoms with Crippen LogP contribution in [0.25, 0.3) is 0 Å². The molecular formula is C31H61NO7. The third-order valence-electron chi connectivity index (χ3n) is 7.37. The van der Waals surface area contributed by atoms with Gasteiger partial charge in [-0.05, 0) is 19.3 Å². The number of aliphatic carboxylic acids is 3. The average molecular weight is 560 g/mol. The summed E-state index contributed by atoms with van der Waals surface area (Å²) < 4.78 is 0. The van der Waals surface area contributed by atoms with Crippen molar-refractivity contribution in [3.8, 4) is 0 Å². The van der Waals surface area contributed by atoms with Crippen molar-refractivity contribution in [2.24, 2.45) is 5.73 Å². The van der Waals surface area contributed by atoms with Gasteiger partial charge in [0.25, 0.3) is 0 Å². The van der Waals surface area contributed by atoms with Crippen LogP contribution >= 0.6 is 0 Å². The quantitative estimate of drug-likeness (QED) is 0.0674. The van der Waals surface area contributed by atoms with Crippen LogP contribution in [0.2, 0.25) is 0 Å². The Balaban J connectivity index is 0. The van der Waals surface area contributed by atoms with Crippen LogP contribution in [-0.2, 0) is 14.4 Å². The van der Waals surface area contributed by atoms with E-state index >= 15 is 0 Å². The summed E-state index contributed by atoms with van der Waals surface area (Å²) in [5.41, 5.74) is 4.32. The van der Waals surface area contributed by atoms with Gasteiger partial charge >= 0.3 is 17.9 Å². The van der Waals surface area contributed by atoms with Gasteiger partial charge in [-0.25, -0.2) is 4.79 Å². The van der Waals surface area contributed by atoms with Crippen molar-refractivity contribution in [1.29, 1.82) is 0 Å². The molecule has 0 unspecified atom stereocenters. The van der Waals surface area contributed by atoms with Gasteiger partial charge < -0.3 is 26.2 Å². The van der Waals surface area contributed by atoms with Gasteiger partial charge in [0.2, 0.25) is 0 Å². The summed E-state index contributed by atoms with van der Waals surface area (Å²) in [6, 6.07) is 0. The maximum Gasteiger partial charge on any atom is 0.336 e. The molecule has 6 N–H and O–H groups in total. The fourth-order valence-electron chi connectivity index (χ4n) is 4.86. The molecule has 0 aromatic carbocycles. The van der Waals surface area contributed by atoms with Crippen LogP contribution in [0.1, 0.15) is 168 Å². The first kappa shape index (κ1) is 39.5. The second-order valence-electron chi connectivity index (χ2n) is 11.4. The number of aliphatic hydroxyl groups is 1. The molecule has 0 saturated heterocycles. The van der Waals surface area contributed by atoms with Gasteiger partial charge in [0.1, 0.15) is 0 Å². The van der Waals surface area contributed by atoms with E-state index in [0.717, 1.165) is 0 Å². The lowest BCUT2D eigenvalue weighted by Crippen LogP contribution is -2.42. The van der Waals surface area contributed by atoms with E-state index in [-0.39, 0.29) is 5.54 Å². The highest BCUT2D eigenvalue weighted by Gasteiger charge is 2.40. The fourth-order valence-corrected chi connectivity index (χ4v) is 4.86. The number of carbonyl (C=O) groups is 3. The molecule has 0 rings (SSSR count). The van der Waals surface area contributed by atoms with Crippen LogP contribution in [0.4, 0.5) is 0 Å². The number of rotatable bonds is 26. The van der Waals surface area contributed by atoms with E-state index in [1.165, 1.54) is 135 Å². The summed E-state index contributed by atoms with van der Waals surface area (Å²) >= 11 is 0. The van der Waals surface area contributed by atoms with Gasteiger partial charge in [-0.2, -0.15) is 0 Å². The van der Waals surface area contributed by atoms with Gasteiger partial charge in [-0.15, -0.1) is 0 Å². The predicted octanol–water partition coefficient (Wildman–Crippen LogP) is 7.69. The van der Waals surface area contributed by atoms with Gasteiger partial charge in [0, 0.05) is 5.54 Å². The molecule has 0 aromatic heterocycles. The van der Waals surface area contributed by atoms with E-state index in [1.54, 1.807) is 0 Å². The number of carboxylic acids is 3. The molecule has 0 aliphatic heterocycles. The molecule has 8 heteroatoms. The Kier molecular flexibility index (Phi) is 25.6. The number of unbranched alkanes of at least 4 members (excludes halogenated alkanes) is 15. The van der Waals surface area contributed by atoms with Gasteiger partial charge in [0.15, 0.2) is 5.60 Å². The Hall–Kier alpha value is -1.67. The summed E-state index contributed by atoms with van der Waals surface area (Å²) in [6.07, 6.45) is 26.5. The lowest BCUT2D eigenvalue weighted by atomic mass is 9.82. The standard InChI is InChI=1S/C25H53N.C6H8O7/c1-4-7-10-13-16-19-22-25(26,23-20-17-14-11-8-5-2)24-21-18-15-12-9-6-3;7-3(8)1-6(13,5(11)12)2-4(9)10/h4-24,26H2,1-3H3;13H,1-2H2,(H,7,8)(H,9,10)(H,11,12). The van der Waals surface area contributed by atoms with Gasteiger partial charge in [-0.3, -0.25) is 9.59 Å². The molecule has 0 atom stereocenters. The highest BCUT2D eigenvalue weighted by atomic mass is 16.4. The molecule has 232 valence electrons. The fraction of sp³-hybridized carbons (Fsp3) is 0.903. The van der Waals surface area contributed by atoms with Crippen molar-refractivity contribution in [1.82, 2.24) is 0 Å². The molecular weight excluding hydrogens is 498 g/mol. The maximum absolute atomic E-state index is 10.3. The van der Waals surface area contributed by atoms with Crippen LogP contribution in [0.3, 0.4) is 0 Å². The molecule has 0 aliphatic carbocycles. The summed E-state index contributed by atoms with van der Waals surface area (Å²) in [7, 11) is 0. The van der Waals surface area contributed by atoms with Crippen LogP contribution in [0.5, 0.6) is 0 Å². The number of nitrogens with two attached hydrogens (primary N) is 1. The van der Waals surface area contributed by atoms with Gasteiger partial charge in [0.05, 0.1) is 12.8 Å². The van der Waals surface area contributed by atoms with Crippen molar-refractivity contribution in [2.45, 2.75) is 180 Å². The molecule has 0 aromatic rings. The Morgan fingerprint density at radius 2 is 0.769 bits per heavy atom. The second-order valence-corrected chi connectivity index (χ2v) is 11.4. The van der Waals surface area contributed by atoms with E-state index in [9.17, 15) is 14.4 Å². The van der Waals surface area contributed by atoms with Crippen molar-refractivity contribution in [2.75, 3.05) is 0 Å². The Morgan fingerprint density at radius 3 is 1.00 bits per heavy atom. The summed E-state index contributed by atoms with van der Waals surface area (Å²) in [6.45, 7) is 6.89. The summed E-state index contributed by atoms with van der Waals surface area (Å²) in [5.74, 6) is -5.02. The van der Waals surface area contributed by atoms with E-state index < -0.39 is 36.4 Å². The second kappa shape index (κ2) is 25.3. The third-order valence-corrected chi connectivity index (χ3v) is 7.37. The number of carboxylic acid groups (broad SMARTS) is 3. The Labute approximate surface area is 238 Å². The van der Waals surface area contributed by atoms with E-state index in [2.05, 4.69) is 20.8 Å². The van der Waals surface area contributed by atoms with Gasteiger partial charge in [-0.1, -0.05) is 136 Å². The highest BCUT2D eigenvalue weighted by Crippen LogP contribution is 2.27. The Bertz CT molecular complexity index is 567. The topological polar surface area (TPSA) is 158 Å². The third kappa shape index (κ3) is 25.1. The molecule has 0 aliphatic rings. The van der Waals surface area contributed by atoms with Crippen LogP contribution in [0.15, 0.2) is 0 Å². The molecule has 0 saturated carbocycles. The molecule has 0 spiro atoms. The SMILES string of the molecule is CCCCCCCCC(N)(CCCCCCCC)CCCCCCCC.O=C(O)CC(O)(CC(=O)O)C(=O)O. The minimum Gasteiger partial charge on any atom is -0.481 e. The van der Waals surface area contributed by atoms with Crippen molar-refractivity contribution >= 4 is 17.9 Å². The van der Waals surface area contributed by atoms with E-state index in [0.29, 0.717) is 0 Å². The summed E-state index contributed by atoms with van der Waals surface area (Å²) in [4.78, 5) is 30.5. The van der Waals surface area contributed by atoms with Crippen molar-refractivity contribution < 1.29 is 34.8 Å². The zero-order valence-corrected chi connectivity index (χ0v) is 25.4. The molecule has 0 fully saturated rings. The first-order valence-electron chi connectivity index (χ1n) is 15.6. The first-order chi connectivity index (χ1) is 18.5. The first-order valence-corrected chi connectivity index (χ1v) is 15.6. The lowest BCUT2D eigenvalue weighted by molar-refractivity contribution is -0.170. The molecule has 39 heavy (non-hydrogen) atoms. The van der Waals surface area contributed by atoms with Crippen molar-refractivity contribution in [3.05, 3.63) is 0 Å². The average Bonchev–Trinajstić information content (AvgIpc) is 2.85. The maximum atomic E-state index is 10.3. The Morgan fingerprint density at radius 1 is 0.513 bits per heavy atom.